The van der Waals surface area contributed by atoms with Crippen LogP contribution in [-0.4, -0.2) is 11.6 Å². The van der Waals surface area contributed by atoms with Crippen LogP contribution in [0.3, 0.4) is 0 Å². The number of halogens is 3. The largest absolute Gasteiger partial charge is 0.416 e. The van der Waals surface area contributed by atoms with Gasteiger partial charge < -0.3 is 10.6 Å². The number of hydrogen-bond acceptors (Lipinski definition) is 1. The number of amides is 2. The summed E-state index contributed by atoms with van der Waals surface area (Å²) in [5.74, 6) is 0.756. The summed E-state index contributed by atoms with van der Waals surface area (Å²) < 4.78 is 38.0. The van der Waals surface area contributed by atoms with Gasteiger partial charge in [-0.2, -0.15) is 13.2 Å². The Morgan fingerprint density at radius 1 is 1.33 bits per heavy atom. The van der Waals surface area contributed by atoms with Gasteiger partial charge in [-0.05, 0) is 49.8 Å². The fraction of sp³-hybridized carbons (Fsp3) is 0.533. The van der Waals surface area contributed by atoms with Crippen molar-refractivity contribution >= 4 is 6.03 Å². The third-order valence-electron chi connectivity index (χ3n) is 4.48. The van der Waals surface area contributed by atoms with Crippen LogP contribution in [0, 0.1) is 5.92 Å². The van der Waals surface area contributed by atoms with Crippen molar-refractivity contribution in [3.05, 3.63) is 35.4 Å². The zero-order valence-corrected chi connectivity index (χ0v) is 11.6. The molecule has 114 valence electrons. The van der Waals surface area contributed by atoms with Crippen LogP contribution >= 0.6 is 0 Å². The fourth-order valence-corrected chi connectivity index (χ4v) is 3.17. The minimum atomic E-state index is -4.37. The highest BCUT2D eigenvalue weighted by atomic mass is 19.4. The molecule has 0 aliphatic heterocycles. The first kappa shape index (κ1) is 14.2. The van der Waals surface area contributed by atoms with Crippen LogP contribution < -0.4 is 10.6 Å². The van der Waals surface area contributed by atoms with Crippen LogP contribution in [-0.2, 0) is 6.18 Å². The molecular formula is C15H17F3N2O. The second-order valence-corrected chi connectivity index (χ2v) is 6.20. The van der Waals surface area contributed by atoms with Gasteiger partial charge >= 0.3 is 12.2 Å². The predicted molar refractivity (Wildman–Crippen MR) is 71.6 cm³/mol. The molecule has 3 nitrogen and oxygen atoms in total. The first-order chi connectivity index (χ1) is 9.77. The minimum Gasteiger partial charge on any atom is -0.333 e. The van der Waals surface area contributed by atoms with Crippen LogP contribution in [0.5, 0.6) is 0 Å². The lowest BCUT2D eigenvalue weighted by Gasteiger charge is -2.61. The Morgan fingerprint density at radius 3 is 2.52 bits per heavy atom. The molecule has 3 fully saturated rings. The number of rotatable bonds is 3. The molecule has 3 aliphatic carbocycles. The number of hydrogen-bond donors (Lipinski definition) is 2. The molecule has 1 atom stereocenters. The van der Waals surface area contributed by atoms with E-state index < -0.39 is 17.8 Å². The van der Waals surface area contributed by atoms with Gasteiger partial charge in [-0.15, -0.1) is 0 Å². The van der Waals surface area contributed by atoms with E-state index in [1.54, 1.807) is 13.0 Å². The molecule has 1 aromatic carbocycles. The maximum atomic E-state index is 12.7. The monoisotopic (exact) mass is 298 g/mol. The topological polar surface area (TPSA) is 41.1 Å². The van der Waals surface area contributed by atoms with Gasteiger partial charge in [-0.25, -0.2) is 4.79 Å². The fourth-order valence-electron chi connectivity index (χ4n) is 3.17. The summed E-state index contributed by atoms with van der Waals surface area (Å²) in [6.07, 6.45) is -1.29. The first-order valence-corrected chi connectivity index (χ1v) is 7.03. The first-order valence-electron chi connectivity index (χ1n) is 7.03. The molecule has 0 radical (unpaired) electrons. The molecule has 0 saturated heterocycles. The molecule has 2 N–H and O–H groups in total. The van der Waals surface area contributed by atoms with Crippen molar-refractivity contribution in [1.29, 1.82) is 0 Å². The highest BCUT2D eigenvalue weighted by Crippen LogP contribution is 2.56. The van der Waals surface area contributed by atoms with Crippen LogP contribution in [0.1, 0.15) is 43.4 Å². The van der Waals surface area contributed by atoms with Gasteiger partial charge in [0.1, 0.15) is 0 Å². The van der Waals surface area contributed by atoms with Crippen LogP contribution in [0.25, 0.3) is 0 Å². The third kappa shape index (κ3) is 2.71. The lowest BCUT2D eigenvalue weighted by atomic mass is 9.50. The number of carbonyl (C=O) groups excluding carboxylic acids is 1. The molecule has 4 rings (SSSR count). The quantitative estimate of drug-likeness (QED) is 0.879. The molecule has 0 heterocycles. The number of benzene rings is 1. The summed E-state index contributed by atoms with van der Waals surface area (Å²) in [4.78, 5) is 11.9. The van der Waals surface area contributed by atoms with Gasteiger partial charge in [0.15, 0.2) is 0 Å². The molecule has 3 saturated carbocycles. The predicted octanol–water partition coefficient (Wildman–Crippen LogP) is 3.62. The van der Waals surface area contributed by atoms with Crippen LogP contribution in [0.4, 0.5) is 18.0 Å². The van der Waals surface area contributed by atoms with Gasteiger partial charge in [0.2, 0.25) is 0 Å². The Balaban J connectivity index is 1.61. The van der Waals surface area contributed by atoms with Crippen molar-refractivity contribution in [3.8, 4) is 0 Å². The van der Waals surface area contributed by atoms with E-state index in [1.807, 2.05) is 0 Å². The van der Waals surface area contributed by atoms with Crippen LogP contribution in [0.2, 0.25) is 0 Å². The summed E-state index contributed by atoms with van der Waals surface area (Å²) >= 11 is 0. The summed E-state index contributed by atoms with van der Waals surface area (Å²) in [6, 6.07) is 4.26. The lowest BCUT2D eigenvalue weighted by molar-refractivity contribution is -0.137. The normalized spacial score (nSPS) is 28.1. The summed E-state index contributed by atoms with van der Waals surface area (Å²) in [7, 11) is 0. The van der Waals surface area contributed by atoms with Crippen molar-refractivity contribution in [2.75, 3.05) is 0 Å². The molecule has 3 aliphatic rings. The summed E-state index contributed by atoms with van der Waals surface area (Å²) in [5.41, 5.74) is -0.298. The molecule has 1 aromatic rings. The molecule has 6 heteroatoms. The van der Waals surface area contributed by atoms with E-state index >= 15 is 0 Å². The Hall–Kier alpha value is -1.72. The minimum absolute atomic E-state index is 0.0394. The number of urea groups is 1. The maximum Gasteiger partial charge on any atom is 0.416 e. The van der Waals surface area contributed by atoms with Gasteiger partial charge in [0.25, 0.3) is 0 Å². The van der Waals surface area contributed by atoms with Gasteiger partial charge in [0, 0.05) is 5.54 Å². The van der Waals surface area contributed by atoms with E-state index in [9.17, 15) is 18.0 Å². The Morgan fingerprint density at radius 2 is 2.00 bits per heavy atom. The molecular weight excluding hydrogens is 281 g/mol. The van der Waals surface area contributed by atoms with E-state index in [0.29, 0.717) is 5.56 Å². The molecule has 0 spiro atoms. The van der Waals surface area contributed by atoms with E-state index in [-0.39, 0.29) is 11.6 Å². The van der Waals surface area contributed by atoms with E-state index in [1.165, 1.54) is 6.07 Å². The van der Waals surface area contributed by atoms with Crippen molar-refractivity contribution in [1.82, 2.24) is 10.6 Å². The Kier molecular flexibility index (Phi) is 3.15. The van der Waals surface area contributed by atoms with E-state index in [2.05, 4.69) is 10.6 Å². The zero-order chi connectivity index (χ0) is 15.3. The molecule has 2 amide bonds. The van der Waals surface area contributed by atoms with E-state index in [0.717, 1.165) is 37.3 Å². The Bertz CT molecular complexity index is 553. The van der Waals surface area contributed by atoms with Crippen molar-refractivity contribution in [2.45, 2.75) is 43.9 Å². The average Bonchev–Trinajstić information content (AvgIpc) is 2.31. The second kappa shape index (κ2) is 4.64. The van der Waals surface area contributed by atoms with E-state index in [4.69, 9.17) is 0 Å². The molecule has 1 unspecified atom stereocenters. The van der Waals surface area contributed by atoms with Gasteiger partial charge in [-0.1, -0.05) is 12.1 Å². The maximum absolute atomic E-state index is 12.7. The molecule has 2 bridgehead atoms. The number of alkyl halides is 3. The highest BCUT2D eigenvalue weighted by molar-refractivity contribution is 5.76. The number of carbonyl (C=O) groups is 1. The Labute approximate surface area is 120 Å². The molecule has 21 heavy (non-hydrogen) atoms. The highest BCUT2D eigenvalue weighted by Gasteiger charge is 2.57. The van der Waals surface area contributed by atoms with Crippen molar-refractivity contribution in [3.63, 3.8) is 0 Å². The SMILES string of the molecule is CC(NC(=O)NC12CC(C1)C2)c1cccc(C(F)(F)F)c1. The smallest absolute Gasteiger partial charge is 0.333 e. The standard InChI is InChI=1S/C15H17F3N2O/c1-9(11-3-2-4-12(5-11)15(16,17)18)19-13(21)20-14-6-10(7-14)8-14/h2-5,9-10H,6-8H2,1H3,(H2,19,20,21). The lowest BCUT2D eigenvalue weighted by Crippen LogP contribution is -2.69. The van der Waals surface area contributed by atoms with Crippen molar-refractivity contribution in [2.24, 2.45) is 5.92 Å². The second-order valence-electron chi connectivity index (χ2n) is 6.20. The third-order valence-corrected chi connectivity index (χ3v) is 4.48. The summed E-state index contributed by atoms with van der Waals surface area (Å²) in [5, 5.41) is 5.64. The van der Waals surface area contributed by atoms with Crippen molar-refractivity contribution < 1.29 is 18.0 Å². The molecule has 0 aromatic heterocycles. The average molecular weight is 298 g/mol. The van der Waals surface area contributed by atoms with Gasteiger partial charge in [0.05, 0.1) is 11.6 Å². The summed E-state index contributed by atoms with van der Waals surface area (Å²) in [6.45, 7) is 1.68. The van der Waals surface area contributed by atoms with Gasteiger partial charge in [-0.3, -0.25) is 0 Å². The van der Waals surface area contributed by atoms with Crippen LogP contribution in [0.15, 0.2) is 24.3 Å². The number of nitrogens with one attached hydrogen (secondary N) is 2. The zero-order valence-electron chi connectivity index (χ0n) is 11.6.